The minimum absolute atomic E-state index is 0.259. The standard InChI is InChI=1S/C17H26ClN3O/c1-3-19(4-2)14-17(22)21-11-9-20(10-12-21)13-15-5-7-16(18)8-6-15/h5-8H,3-4,9-14H2,1-2H3. The van der Waals surface area contributed by atoms with E-state index in [2.05, 4.69) is 35.8 Å². The van der Waals surface area contributed by atoms with E-state index < -0.39 is 0 Å². The lowest BCUT2D eigenvalue weighted by Gasteiger charge is -2.35. The van der Waals surface area contributed by atoms with Crippen molar-refractivity contribution in [3.63, 3.8) is 0 Å². The number of carbonyl (C=O) groups excluding carboxylic acids is 1. The second-order valence-corrected chi connectivity index (χ2v) is 6.18. The van der Waals surface area contributed by atoms with Crippen LogP contribution < -0.4 is 0 Å². The van der Waals surface area contributed by atoms with E-state index >= 15 is 0 Å². The fraction of sp³-hybridized carbons (Fsp3) is 0.588. The molecular weight excluding hydrogens is 298 g/mol. The first-order valence-electron chi connectivity index (χ1n) is 8.09. The Morgan fingerprint density at radius 1 is 1.09 bits per heavy atom. The maximum Gasteiger partial charge on any atom is 0.236 e. The van der Waals surface area contributed by atoms with Crippen molar-refractivity contribution in [1.29, 1.82) is 0 Å². The first-order valence-corrected chi connectivity index (χ1v) is 8.47. The van der Waals surface area contributed by atoms with Crippen LogP contribution in [0.3, 0.4) is 0 Å². The number of likely N-dealkylation sites (N-methyl/N-ethyl adjacent to an activating group) is 1. The summed E-state index contributed by atoms with van der Waals surface area (Å²) in [6, 6.07) is 8.00. The third-order valence-corrected chi connectivity index (χ3v) is 4.55. The van der Waals surface area contributed by atoms with Crippen molar-refractivity contribution in [3.8, 4) is 0 Å². The maximum atomic E-state index is 12.3. The first kappa shape index (κ1) is 17.3. The van der Waals surface area contributed by atoms with Crippen molar-refractivity contribution in [2.75, 3.05) is 45.8 Å². The minimum Gasteiger partial charge on any atom is -0.339 e. The summed E-state index contributed by atoms with van der Waals surface area (Å²) in [5.41, 5.74) is 1.27. The smallest absolute Gasteiger partial charge is 0.236 e. The Morgan fingerprint density at radius 3 is 2.23 bits per heavy atom. The molecule has 0 aliphatic carbocycles. The molecule has 0 saturated carbocycles. The van der Waals surface area contributed by atoms with Gasteiger partial charge in [-0.3, -0.25) is 14.6 Å². The van der Waals surface area contributed by atoms with Gasteiger partial charge in [0.25, 0.3) is 0 Å². The van der Waals surface area contributed by atoms with Gasteiger partial charge in [-0.25, -0.2) is 0 Å². The van der Waals surface area contributed by atoms with Gasteiger partial charge < -0.3 is 4.90 Å². The number of rotatable bonds is 6. The molecule has 1 aliphatic rings. The fourth-order valence-corrected chi connectivity index (χ4v) is 2.87. The highest BCUT2D eigenvalue weighted by Gasteiger charge is 2.21. The van der Waals surface area contributed by atoms with E-state index in [1.54, 1.807) is 0 Å². The molecule has 0 spiro atoms. The van der Waals surface area contributed by atoms with Crippen molar-refractivity contribution in [2.24, 2.45) is 0 Å². The molecule has 122 valence electrons. The highest BCUT2D eigenvalue weighted by molar-refractivity contribution is 6.30. The van der Waals surface area contributed by atoms with Gasteiger partial charge in [0.05, 0.1) is 6.54 Å². The van der Waals surface area contributed by atoms with E-state index in [-0.39, 0.29) is 5.91 Å². The molecule has 1 amide bonds. The number of nitrogens with zero attached hydrogens (tertiary/aromatic N) is 3. The van der Waals surface area contributed by atoms with Crippen LogP contribution in [-0.2, 0) is 11.3 Å². The van der Waals surface area contributed by atoms with Crippen LogP contribution in [0.25, 0.3) is 0 Å². The van der Waals surface area contributed by atoms with Crippen molar-refractivity contribution in [2.45, 2.75) is 20.4 Å². The van der Waals surface area contributed by atoms with E-state index in [4.69, 9.17) is 11.6 Å². The van der Waals surface area contributed by atoms with Gasteiger partial charge in [0.1, 0.15) is 0 Å². The molecule has 1 aromatic carbocycles. The summed E-state index contributed by atoms with van der Waals surface area (Å²) >= 11 is 5.91. The topological polar surface area (TPSA) is 26.8 Å². The zero-order valence-corrected chi connectivity index (χ0v) is 14.4. The Morgan fingerprint density at radius 2 is 1.68 bits per heavy atom. The SMILES string of the molecule is CCN(CC)CC(=O)N1CCN(Cc2ccc(Cl)cc2)CC1. The van der Waals surface area contributed by atoms with Crippen LogP contribution in [0.2, 0.25) is 5.02 Å². The summed E-state index contributed by atoms with van der Waals surface area (Å²) in [6.07, 6.45) is 0. The van der Waals surface area contributed by atoms with Crippen molar-refractivity contribution >= 4 is 17.5 Å². The molecule has 0 unspecified atom stereocenters. The number of benzene rings is 1. The van der Waals surface area contributed by atoms with Crippen LogP contribution in [0.1, 0.15) is 19.4 Å². The predicted octanol–water partition coefficient (Wildman–Crippen LogP) is 2.33. The van der Waals surface area contributed by atoms with Crippen LogP contribution in [0, 0.1) is 0 Å². The van der Waals surface area contributed by atoms with E-state index in [1.165, 1.54) is 5.56 Å². The quantitative estimate of drug-likeness (QED) is 0.804. The molecule has 0 atom stereocenters. The predicted molar refractivity (Wildman–Crippen MR) is 91.1 cm³/mol. The average molecular weight is 324 g/mol. The normalized spacial score (nSPS) is 16.3. The van der Waals surface area contributed by atoms with Gasteiger partial charge in [0.2, 0.25) is 5.91 Å². The van der Waals surface area contributed by atoms with E-state index in [0.717, 1.165) is 50.8 Å². The Balaban J connectivity index is 1.77. The number of carbonyl (C=O) groups is 1. The molecular formula is C17H26ClN3O. The second kappa shape index (κ2) is 8.51. The van der Waals surface area contributed by atoms with E-state index in [0.29, 0.717) is 6.54 Å². The fourth-order valence-electron chi connectivity index (χ4n) is 2.74. The zero-order valence-electron chi connectivity index (χ0n) is 13.6. The molecule has 0 N–H and O–H groups in total. The van der Waals surface area contributed by atoms with Crippen LogP contribution in [0.4, 0.5) is 0 Å². The molecule has 4 nitrogen and oxygen atoms in total. The average Bonchev–Trinajstić information content (AvgIpc) is 2.55. The number of halogens is 1. The van der Waals surface area contributed by atoms with Crippen molar-refractivity contribution in [3.05, 3.63) is 34.9 Å². The van der Waals surface area contributed by atoms with Gasteiger partial charge in [-0.05, 0) is 30.8 Å². The molecule has 1 fully saturated rings. The number of amides is 1. The summed E-state index contributed by atoms with van der Waals surface area (Å²) in [4.78, 5) is 18.8. The molecule has 0 radical (unpaired) electrons. The van der Waals surface area contributed by atoms with Crippen molar-refractivity contribution in [1.82, 2.24) is 14.7 Å². The summed E-state index contributed by atoms with van der Waals surface area (Å²) < 4.78 is 0. The van der Waals surface area contributed by atoms with Gasteiger partial charge in [0, 0.05) is 37.7 Å². The van der Waals surface area contributed by atoms with Crippen LogP contribution in [-0.4, -0.2) is 66.4 Å². The Bertz CT molecular complexity index is 465. The summed E-state index contributed by atoms with van der Waals surface area (Å²) in [6.45, 7) is 11.1. The number of hydrogen-bond acceptors (Lipinski definition) is 3. The monoisotopic (exact) mass is 323 g/mol. The zero-order chi connectivity index (χ0) is 15.9. The van der Waals surface area contributed by atoms with Gasteiger partial charge in [-0.1, -0.05) is 37.6 Å². The minimum atomic E-state index is 0.259. The van der Waals surface area contributed by atoms with Crippen LogP contribution in [0.15, 0.2) is 24.3 Å². The molecule has 2 rings (SSSR count). The highest BCUT2D eigenvalue weighted by atomic mass is 35.5. The Hall–Kier alpha value is -1.10. The maximum absolute atomic E-state index is 12.3. The Labute approximate surface area is 138 Å². The third kappa shape index (κ3) is 4.97. The van der Waals surface area contributed by atoms with Gasteiger partial charge in [-0.2, -0.15) is 0 Å². The second-order valence-electron chi connectivity index (χ2n) is 5.74. The molecule has 0 bridgehead atoms. The molecule has 1 saturated heterocycles. The van der Waals surface area contributed by atoms with E-state index in [9.17, 15) is 4.79 Å². The lowest BCUT2D eigenvalue weighted by atomic mass is 10.2. The van der Waals surface area contributed by atoms with Gasteiger partial charge in [0.15, 0.2) is 0 Å². The molecule has 1 heterocycles. The third-order valence-electron chi connectivity index (χ3n) is 4.30. The van der Waals surface area contributed by atoms with Crippen LogP contribution in [0.5, 0.6) is 0 Å². The van der Waals surface area contributed by atoms with Gasteiger partial charge >= 0.3 is 0 Å². The van der Waals surface area contributed by atoms with Crippen molar-refractivity contribution < 1.29 is 4.79 Å². The molecule has 22 heavy (non-hydrogen) atoms. The highest BCUT2D eigenvalue weighted by Crippen LogP contribution is 2.13. The summed E-state index contributed by atoms with van der Waals surface area (Å²) in [7, 11) is 0. The van der Waals surface area contributed by atoms with E-state index in [1.807, 2.05) is 17.0 Å². The number of piperazine rings is 1. The molecule has 1 aliphatic heterocycles. The summed E-state index contributed by atoms with van der Waals surface area (Å²) in [5.74, 6) is 0.259. The lowest BCUT2D eigenvalue weighted by molar-refractivity contribution is -0.134. The molecule has 1 aromatic rings. The molecule has 0 aromatic heterocycles. The summed E-state index contributed by atoms with van der Waals surface area (Å²) in [5, 5.41) is 0.774. The number of hydrogen-bond donors (Lipinski definition) is 0. The first-order chi connectivity index (χ1) is 10.6. The van der Waals surface area contributed by atoms with Crippen LogP contribution >= 0.6 is 11.6 Å². The Kier molecular flexibility index (Phi) is 6.68. The largest absolute Gasteiger partial charge is 0.339 e. The van der Waals surface area contributed by atoms with Gasteiger partial charge in [-0.15, -0.1) is 0 Å². The lowest BCUT2D eigenvalue weighted by Crippen LogP contribution is -2.50. The molecule has 5 heteroatoms.